The fourth-order valence-electron chi connectivity index (χ4n) is 4.03. The van der Waals surface area contributed by atoms with Gasteiger partial charge in [-0.25, -0.2) is 0 Å². The normalized spacial score (nSPS) is 15.1. The minimum Gasteiger partial charge on any atom is -0.369 e. The summed E-state index contributed by atoms with van der Waals surface area (Å²) in [5.74, 6) is -0.405. The first-order valence-electron chi connectivity index (χ1n) is 11.8. The van der Waals surface area contributed by atoms with Crippen molar-refractivity contribution in [1.29, 1.82) is 0 Å². The van der Waals surface area contributed by atoms with Crippen molar-refractivity contribution < 1.29 is 46.1 Å². The molecule has 0 spiro atoms. The Bertz CT molecular complexity index is 1540. The lowest BCUT2D eigenvalue weighted by Crippen LogP contribution is -2.49. The molecule has 40 heavy (non-hydrogen) atoms. The van der Waals surface area contributed by atoms with Gasteiger partial charge < -0.3 is 10.2 Å². The van der Waals surface area contributed by atoms with Crippen molar-refractivity contribution in [3.8, 4) is 11.8 Å². The van der Waals surface area contributed by atoms with E-state index in [2.05, 4.69) is 0 Å². The first-order chi connectivity index (χ1) is 18.6. The van der Waals surface area contributed by atoms with Gasteiger partial charge in [0.15, 0.2) is 11.6 Å². The summed E-state index contributed by atoms with van der Waals surface area (Å²) in [5, 5.41) is 23.0. The van der Waals surface area contributed by atoms with Gasteiger partial charge in [-0.2, -0.15) is 26.3 Å². The largest absolute Gasteiger partial charge is 0.429 e. The highest BCUT2D eigenvalue weighted by atomic mass is 19.4. The van der Waals surface area contributed by atoms with Gasteiger partial charge in [0.05, 0.1) is 12.8 Å². The topological polar surface area (TPSA) is 74.6 Å². The van der Waals surface area contributed by atoms with E-state index in [-0.39, 0.29) is 11.1 Å². The van der Waals surface area contributed by atoms with Crippen LogP contribution in [0.4, 0.5) is 26.3 Å². The molecule has 0 heterocycles. The molecule has 0 aromatic heterocycles. The Morgan fingerprint density at radius 2 is 0.875 bits per heavy atom. The van der Waals surface area contributed by atoms with E-state index in [0.29, 0.717) is 21.5 Å². The molecule has 2 unspecified atom stereocenters. The molecule has 4 aromatic carbocycles. The predicted molar refractivity (Wildman–Crippen MR) is 136 cm³/mol. The number of rotatable bonds is 6. The molecular weight excluding hydrogens is 538 g/mol. The van der Waals surface area contributed by atoms with Crippen LogP contribution in [0.2, 0.25) is 0 Å². The number of ketones is 2. The average Bonchev–Trinajstić information content (AvgIpc) is 2.90. The summed E-state index contributed by atoms with van der Waals surface area (Å²) in [4.78, 5) is 25.4. The van der Waals surface area contributed by atoms with Crippen LogP contribution in [-0.2, 0) is 0 Å². The number of alkyl halides is 6. The summed E-state index contributed by atoms with van der Waals surface area (Å²) in [6, 6.07) is 21.1. The van der Waals surface area contributed by atoms with Gasteiger partial charge in [0.25, 0.3) is 0 Å². The summed E-state index contributed by atoms with van der Waals surface area (Å²) >= 11 is 0. The second kappa shape index (κ2) is 10.4. The van der Waals surface area contributed by atoms with Crippen LogP contribution in [0, 0.1) is 11.8 Å². The van der Waals surface area contributed by atoms with E-state index in [1.54, 1.807) is 48.5 Å². The van der Waals surface area contributed by atoms with Crippen molar-refractivity contribution in [3.05, 3.63) is 96.1 Å². The molecule has 0 saturated heterocycles. The Kier molecular flexibility index (Phi) is 7.49. The van der Waals surface area contributed by atoms with Crippen LogP contribution in [0.5, 0.6) is 0 Å². The fraction of sp³-hybridized carbons (Fsp3) is 0.200. The molecule has 0 amide bonds. The fourth-order valence-corrected chi connectivity index (χ4v) is 4.03. The number of aliphatic hydroxyl groups is 2. The summed E-state index contributed by atoms with van der Waals surface area (Å²) in [5.41, 5.74) is -8.97. The number of hydrogen-bond acceptors (Lipinski definition) is 4. The maximum absolute atomic E-state index is 13.8. The second-order valence-electron chi connectivity index (χ2n) is 9.29. The predicted octanol–water partition coefficient (Wildman–Crippen LogP) is 6.43. The Labute approximate surface area is 223 Å². The van der Waals surface area contributed by atoms with Gasteiger partial charge in [-0.1, -0.05) is 84.6 Å². The highest BCUT2D eigenvalue weighted by Gasteiger charge is 2.57. The molecule has 0 aliphatic carbocycles. The van der Waals surface area contributed by atoms with Crippen LogP contribution < -0.4 is 0 Å². The van der Waals surface area contributed by atoms with Gasteiger partial charge in [0.1, 0.15) is 0 Å². The first kappa shape index (κ1) is 28.8. The minimum absolute atomic E-state index is 0.235. The van der Waals surface area contributed by atoms with Crippen molar-refractivity contribution in [2.24, 2.45) is 0 Å². The van der Waals surface area contributed by atoms with Crippen LogP contribution in [0.3, 0.4) is 0 Å². The maximum atomic E-state index is 13.8. The van der Waals surface area contributed by atoms with Crippen molar-refractivity contribution in [1.82, 2.24) is 0 Å². The number of benzene rings is 4. The van der Waals surface area contributed by atoms with E-state index < -0.39 is 48.0 Å². The molecule has 2 atom stereocenters. The summed E-state index contributed by atoms with van der Waals surface area (Å²) in [6.45, 7) is 0. The molecule has 4 rings (SSSR count). The molecule has 4 aromatic rings. The monoisotopic (exact) mass is 558 g/mol. The Morgan fingerprint density at radius 3 is 1.20 bits per heavy atom. The van der Waals surface area contributed by atoms with Crippen molar-refractivity contribution in [2.45, 2.75) is 36.4 Å². The van der Waals surface area contributed by atoms with Crippen LogP contribution in [0.15, 0.2) is 84.9 Å². The van der Waals surface area contributed by atoms with Crippen molar-refractivity contribution in [3.63, 3.8) is 0 Å². The molecule has 0 fully saturated rings. The zero-order valence-corrected chi connectivity index (χ0v) is 20.5. The van der Waals surface area contributed by atoms with E-state index in [1.165, 1.54) is 36.4 Å². The third kappa shape index (κ3) is 5.86. The molecular formula is C30H20F6O4. The van der Waals surface area contributed by atoms with Gasteiger partial charge in [0, 0.05) is 11.1 Å². The highest BCUT2D eigenvalue weighted by Crippen LogP contribution is 2.37. The lowest BCUT2D eigenvalue weighted by molar-refractivity contribution is -0.238. The molecule has 4 nitrogen and oxygen atoms in total. The first-order valence-corrected chi connectivity index (χ1v) is 11.8. The quantitative estimate of drug-likeness (QED) is 0.163. The van der Waals surface area contributed by atoms with E-state index in [9.17, 15) is 46.1 Å². The number of fused-ring (bicyclic) bond motifs is 2. The third-order valence-corrected chi connectivity index (χ3v) is 6.39. The van der Waals surface area contributed by atoms with E-state index in [0.717, 1.165) is 11.8 Å². The van der Waals surface area contributed by atoms with Crippen molar-refractivity contribution in [2.75, 3.05) is 0 Å². The number of carbonyl (C=O) groups excluding carboxylic acids is 2. The molecule has 0 saturated carbocycles. The lowest BCUT2D eigenvalue weighted by Gasteiger charge is -2.28. The molecule has 10 heteroatoms. The van der Waals surface area contributed by atoms with Gasteiger partial charge in [-0.3, -0.25) is 9.59 Å². The summed E-state index contributed by atoms with van der Waals surface area (Å²) < 4.78 is 83.1. The summed E-state index contributed by atoms with van der Waals surface area (Å²) in [6.07, 6.45) is -14.8. The number of Topliss-reactive ketones (excluding diaryl/α,β-unsaturated/α-hetero) is 2. The van der Waals surface area contributed by atoms with E-state index in [1.807, 2.05) is 0 Å². The van der Waals surface area contributed by atoms with Gasteiger partial charge >= 0.3 is 12.4 Å². The Hall–Kier alpha value is -4.20. The van der Waals surface area contributed by atoms with Gasteiger partial charge in [0.2, 0.25) is 11.2 Å². The van der Waals surface area contributed by atoms with Crippen LogP contribution in [0.25, 0.3) is 21.5 Å². The maximum Gasteiger partial charge on any atom is 0.429 e. The Balaban J connectivity index is 1.66. The summed E-state index contributed by atoms with van der Waals surface area (Å²) in [7, 11) is 0. The minimum atomic E-state index is -5.68. The average molecular weight is 558 g/mol. The zero-order valence-electron chi connectivity index (χ0n) is 20.5. The molecule has 0 bridgehead atoms. The molecule has 0 aliphatic heterocycles. The van der Waals surface area contributed by atoms with Gasteiger partial charge in [-0.05, 0) is 33.7 Å². The third-order valence-electron chi connectivity index (χ3n) is 6.39. The van der Waals surface area contributed by atoms with Crippen LogP contribution >= 0.6 is 0 Å². The molecule has 206 valence electrons. The SMILES string of the molecule is O=C(CC(O)(C#CC(O)(CC(=O)c1ccc2ccccc2c1)C(F)(F)F)C(F)(F)F)c1ccc2ccccc2c1. The molecule has 2 N–H and O–H groups in total. The molecule has 0 radical (unpaired) electrons. The van der Waals surface area contributed by atoms with Gasteiger partial charge in [-0.15, -0.1) is 0 Å². The standard InChI is InChI=1S/C30H20F6O4/c31-29(32,33)27(39,17-25(37)23-11-9-19-5-1-3-7-21(19)15-23)13-14-28(40,30(34,35)36)18-26(38)24-12-10-20-6-2-4-8-22(20)16-24/h1-12,15-16,39-40H,17-18H2. The number of hydrogen-bond donors (Lipinski definition) is 2. The number of halogens is 6. The van der Waals surface area contributed by atoms with Crippen LogP contribution in [-0.4, -0.2) is 45.3 Å². The second-order valence-corrected chi connectivity index (χ2v) is 9.29. The lowest BCUT2D eigenvalue weighted by atomic mass is 9.89. The zero-order chi connectivity index (χ0) is 29.3. The van der Waals surface area contributed by atoms with Crippen LogP contribution in [0.1, 0.15) is 33.6 Å². The Morgan fingerprint density at radius 1 is 0.550 bits per heavy atom. The molecule has 0 aliphatic rings. The van der Waals surface area contributed by atoms with Crippen molar-refractivity contribution >= 4 is 33.1 Å². The van der Waals surface area contributed by atoms with E-state index in [4.69, 9.17) is 0 Å². The highest BCUT2D eigenvalue weighted by molar-refractivity contribution is 6.01. The van der Waals surface area contributed by atoms with E-state index >= 15 is 0 Å². The number of carbonyl (C=O) groups is 2. The smallest absolute Gasteiger partial charge is 0.369 e.